The number of aryl methyl sites for hydroxylation is 1. The number of fused-ring (bicyclic) bond motifs is 4. The molecule has 2 N–H and O–H groups in total. The molecule has 1 aliphatic rings. The predicted molar refractivity (Wildman–Crippen MR) is 101 cm³/mol. The van der Waals surface area contributed by atoms with Gasteiger partial charge in [0.05, 0.1) is 6.10 Å². The van der Waals surface area contributed by atoms with Gasteiger partial charge in [0, 0.05) is 11.8 Å². The van der Waals surface area contributed by atoms with E-state index in [9.17, 15) is 5.11 Å². The first kappa shape index (κ1) is 16.9. The Hall–Kier alpha value is -1.91. The van der Waals surface area contributed by atoms with Crippen LogP contribution in [-0.4, -0.2) is 21.0 Å². The summed E-state index contributed by atoms with van der Waals surface area (Å²) in [6.45, 7) is 1.08. The molecule has 0 amide bonds. The number of hydrogen-bond acceptors (Lipinski definition) is 2. The molecule has 3 nitrogen and oxygen atoms in total. The van der Waals surface area contributed by atoms with E-state index in [1.807, 2.05) is 0 Å². The van der Waals surface area contributed by atoms with Crippen LogP contribution in [0.15, 0.2) is 48.5 Å². The van der Waals surface area contributed by atoms with Gasteiger partial charge in [-0.2, -0.15) is 0 Å². The summed E-state index contributed by atoms with van der Waals surface area (Å²) in [7, 11) is 0. The Morgan fingerprint density at radius 2 is 1.71 bits per heavy atom. The summed E-state index contributed by atoms with van der Waals surface area (Å²) < 4.78 is 0. The normalized spacial score (nSPS) is 19.5. The highest BCUT2D eigenvalue weighted by Crippen LogP contribution is 2.39. The Morgan fingerprint density at radius 1 is 1.08 bits per heavy atom. The van der Waals surface area contributed by atoms with Gasteiger partial charge in [0.1, 0.15) is 0 Å². The number of aliphatic carboxylic acids is 1. The van der Waals surface area contributed by atoms with Crippen LogP contribution in [-0.2, 0) is 11.2 Å². The van der Waals surface area contributed by atoms with Crippen molar-refractivity contribution in [2.75, 3.05) is 0 Å². The Morgan fingerprint density at radius 3 is 2.38 bits per heavy atom. The third kappa shape index (κ3) is 3.30. The van der Waals surface area contributed by atoms with Gasteiger partial charge in [0.15, 0.2) is 0 Å². The number of alkyl halides is 1. The van der Waals surface area contributed by atoms with Gasteiger partial charge < -0.3 is 10.2 Å². The topological polar surface area (TPSA) is 57.5 Å². The maximum absolute atomic E-state index is 10.6. The lowest BCUT2D eigenvalue weighted by atomic mass is 9.85. The van der Waals surface area contributed by atoms with E-state index in [4.69, 9.17) is 9.90 Å². The largest absolute Gasteiger partial charge is 0.481 e. The molecule has 0 bridgehead atoms. The zero-order chi connectivity index (χ0) is 17.3. The third-order valence-corrected chi connectivity index (χ3v) is 5.30. The van der Waals surface area contributed by atoms with Crippen molar-refractivity contribution in [2.24, 2.45) is 0 Å². The Labute approximate surface area is 149 Å². The Balaban J connectivity index is 0.000000383. The maximum Gasteiger partial charge on any atom is 0.300 e. The fourth-order valence-electron chi connectivity index (χ4n) is 3.28. The van der Waals surface area contributed by atoms with Gasteiger partial charge in [-0.15, -0.1) is 0 Å². The van der Waals surface area contributed by atoms with Crippen molar-refractivity contribution in [3.63, 3.8) is 0 Å². The predicted octanol–water partition coefficient (Wildman–Crippen LogP) is 4.83. The Bertz CT molecular complexity index is 900. The number of hydrogen-bond donors (Lipinski definition) is 2. The average molecular weight is 387 g/mol. The maximum atomic E-state index is 10.6. The molecule has 0 aromatic heterocycles. The second-order valence-electron chi connectivity index (χ2n) is 6.08. The minimum absolute atomic E-state index is 0.159. The lowest BCUT2D eigenvalue weighted by Crippen LogP contribution is -2.20. The fraction of sp³-hybridized carbons (Fsp3) is 0.250. The summed E-state index contributed by atoms with van der Waals surface area (Å²) in [5, 5.41) is 22.9. The lowest BCUT2D eigenvalue weighted by molar-refractivity contribution is -0.134. The number of rotatable bonds is 0. The van der Waals surface area contributed by atoms with E-state index in [1.54, 1.807) is 0 Å². The van der Waals surface area contributed by atoms with Gasteiger partial charge in [0.25, 0.3) is 5.97 Å². The van der Waals surface area contributed by atoms with E-state index in [0.29, 0.717) is 0 Å². The van der Waals surface area contributed by atoms with Crippen LogP contribution in [0.5, 0.6) is 0 Å². The van der Waals surface area contributed by atoms with Gasteiger partial charge in [-0.1, -0.05) is 52.3 Å². The van der Waals surface area contributed by atoms with Crippen molar-refractivity contribution in [1.29, 1.82) is 0 Å². The highest BCUT2D eigenvalue weighted by Gasteiger charge is 2.27. The number of aliphatic hydroxyl groups excluding tert-OH is 1. The van der Waals surface area contributed by atoms with Crippen molar-refractivity contribution >= 4 is 43.4 Å². The first-order valence-electron chi connectivity index (χ1n) is 7.93. The van der Waals surface area contributed by atoms with Gasteiger partial charge >= 0.3 is 0 Å². The standard InChI is InChI=1S/C18H15BrO.C2H4O2/c19-16-8-7-11-5-6-14-9-12-3-1-2-4-13(12)10-15(14)17(11)18(16)20;1-2(3)4/h1-6,9-10,16,18,20H,7-8H2;1H3,(H,3,4). The molecule has 124 valence electrons. The van der Waals surface area contributed by atoms with Crippen molar-refractivity contribution in [2.45, 2.75) is 30.7 Å². The number of aliphatic hydroxyl groups is 1. The van der Waals surface area contributed by atoms with Gasteiger partial charge in [-0.3, -0.25) is 4.79 Å². The van der Waals surface area contributed by atoms with Gasteiger partial charge in [0.2, 0.25) is 0 Å². The number of halogens is 1. The first-order valence-corrected chi connectivity index (χ1v) is 8.85. The summed E-state index contributed by atoms with van der Waals surface area (Å²) in [4.78, 5) is 9.16. The zero-order valence-electron chi connectivity index (χ0n) is 13.4. The first-order chi connectivity index (χ1) is 11.5. The van der Waals surface area contributed by atoms with Crippen molar-refractivity contribution in [3.05, 3.63) is 59.7 Å². The van der Waals surface area contributed by atoms with Crippen LogP contribution in [0.1, 0.15) is 30.6 Å². The molecule has 0 fully saturated rings. The van der Waals surface area contributed by atoms with E-state index >= 15 is 0 Å². The highest BCUT2D eigenvalue weighted by molar-refractivity contribution is 9.09. The average Bonchev–Trinajstić information content (AvgIpc) is 2.55. The van der Waals surface area contributed by atoms with Crippen molar-refractivity contribution in [1.82, 2.24) is 0 Å². The molecule has 0 aliphatic heterocycles. The summed E-state index contributed by atoms with van der Waals surface area (Å²) >= 11 is 3.61. The van der Waals surface area contributed by atoms with Crippen LogP contribution >= 0.6 is 15.9 Å². The molecule has 4 heteroatoms. The van der Waals surface area contributed by atoms with E-state index in [1.165, 1.54) is 27.1 Å². The van der Waals surface area contributed by atoms with E-state index in [-0.39, 0.29) is 4.83 Å². The van der Waals surface area contributed by atoms with Crippen LogP contribution in [0.25, 0.3) is 21.5 Å². The SMILES string of the molecule is CC(=O)O.OC1c2c(ccc3cc4ccccc4cc23)CCC1Br. The molecule has 1 aliphatic carbocycles. The highest BCUT2D eigenvalue weighted by atomic mass is 79.9. The molecule has 2 unspecified atom stereocenters. The number of carbonyl (C=O) groups is 1. The molecule has 4 rings (SSSR count). The molecule has 0 heterocycles. The summed E-state index contributed by atoms with van der Waals surface area (Å²) in [6.07, 6.45) is 1.61. The smallest absolute Gasteiger partial charge is 0.300 e. The minimum atomic E-state index is -0.833. The molecular formula is C20H19BrO3. The lowest BCUT2D eigenvalue weighted by Gasteiger charge is -2.27. The zero-order valence-corrected chi connectivity index (χ0v) is 15.0. The van der Waals surface area contributed by atoms with E-state index < -0.39 is 12.1 Å². The van der Waals surface area contributed by atoms with Crippen LogP contribution in [0, 0.1) is 0 Å². The second-order valence-corrected chi connectivity index (χ2v) is 7.25. The number of carboxylic acid groups (broad SMARTS) is 1. The number of carboxylic acids is 1. The molecule has 0 saturated carbocycles. The monoisotopic (exact) mass is 386 g/mol. The molecule has 2 atom stereocenters. The van der Waals surface area contributed by atoms with Crippen molar-refractivity contribution < 1.29 is 15.0 Å². The van der Waals surface area contributed by atoms with E-state index in [0.717, 1.165) is 25.3 Å². The molecule has 3 aromatic carbocycles. The molecule has 0 spiro atoms. The molecule has 0 radical (unpaired) electrons. The number of benzene rings is 3. The summed E-state index contributed by atoms with van der Waals surface area (Å²) in [6, 6.07) is 17.2. The van der Waals surface area contributed by atoms with Gasteiger partial charge in [-0.05, 0) is 57.6 Å². The van der Waals surface area contributed by atoms with E-state index in [2.05, 4.69) is 64.5 Å². The van der Waals surface area contributed by atoms with Crippen LogP contribution < -0.4 is 0 Å². The molecule has 0 saturated heterocycles. The minimum Gasteiger partial charge on any atom is -0.481 e. The third-order valence-electron chi connectivity index (χ3n) is 4.35. The molecule has 3 aromatic rings. The van der Waals surface area contributed by atoms with Crippen LogP contribution in [0.4, 0.5) is 0 Å². The van der Waals surface area contributed by atoms with Crippen LogP contribution in [0.3, 0.4) is 0 Å². The van der Waals surface area contributed by atoms with Gasteiger partial charge in [-0.25, -0.2) is 0 Å². The van der Waals surface area contributed by atoms with Crippen molar-refractivity contribution in [3.8, 4) is 0 Å². The van der Waals surface area contributed by atoms with Crippen LogP contribution in [0.2, 0.25) is 0 Å². The fourth-order valence-corrected chi connectivity index (χ4v) is 3.77. The molecular weight excluding hydrogens is 368 g/mol. The summed E-state index contributed by atoms with van der Waals surface area (Å²) in [5.74, 6) is -0.833. The summed E-state index contributed by atoms with van der Waals surface area (Å²) in [5.41, 5.74) is 2.40. The second kappa shape index (κ2) is 6.91. The Kier molecular flexibility index (Phi) is 4.88. The quantitative estimate of drug-likeness (QED) is 0.429. The molecule has 24 heavy (non-hydrogen) atoms.